The lowest BCUT2D eigenvalue weighted by Crippen LogP contribution is -2.47. The molecule has 26 heavy (non-hydrogen) atoms. The summed E-state index contributed by atoms with van der Waals surface area (Å²) in [4.78, 5) is 6.55. The van der Waals surface area contributed by atoms with Gasteiger partial charge in [0.05, 0.1) is 37.8 Å². The Labute approximate surface area is 157 Å². The van der Waals surface area contributed by atoms with E-state index in [9.17, 15) is 8.42 Å². The number of hydrogen-bond donors (Lipinski definition) is 1. The van der Waals surface area contributed by atoms with E-state index in [2.05, 4.69) is 15.2 Å². The molecule has 0 aliphatic carbocycles. The number of aliphatic imine (C=N–C) groups is 1. The van der Waals surface area contributed by atoms with Gasteiger partial charge >= 0.3 is 0 Å². The molecule has 0 aromatic heterocycles. The third kappa shape index (κ3) is 8.20. The van der Waals surface area contributed by atoms with Crippen LogP contribution in [0.15, 0.2) is 4.99 Å². The summed E-state index contributed by atoms with van der Waals surface area (Å²) in [5.74, 6) is 0.913. The first-order valence-corrected chi connectivity index (χ1v) is 11.5. The minimum absolute atomic E-state index is 0.0567. The molecule has 2 fully saturated rings. The van der Waals surface area contributed by atoms with E-state index in [-0.39, 0.29) is 18.5 Å². The standard InChI is InChI=1S/C17H33N3O5S/c1-18-17(19-7-11-23-12-13-26(2,21)22)20-8-5-15(6-9-20)25-14-16-4-3-10-24-16/h15-16H,3-14H2,1-2H3,(H,18,19). The predicted octanol–water partition coefficient (Wildman–Crippen LogP) is 0.283. The molecule has 0 radical (unpaired) electrons. The molecule has 2 aliphatic rings. The average molecular weight is 392 g/mol. The lowest BCUT2D eigenvalue weighted by molar-refractivity contribution is -0.0367. The van der Waals surface area contributed by atoms with Crippen molar-refractivity contribution in [3.05, 3.63) is 0 Å². The van der Waals surface area contributed by atoms with E-state index in [1.54, 1.807) is 7.05 Å². The summed E-state index contributed by atoms with van der Waals surface area (Å²) >= 11 is 0. The Kier molecular flexibility index (Phi) is 9.10. The first-order valence-electron chi connectivity index (χ1n) is 9.42. The summed E-state index contributed by atoms with van der Waals surface area (Å²) in [6, 6.07) is 0. The van der Waals surface area contributed by atoms with Crippen LogP contribution < -0.4 is 5.32 Å². The number of guanidine groups is 1. The second-order valence-corrected chi connectivity index (χ2v) is 9.13. The van der Waals surface area contributed by atoms with Crippen LogP contribution in [0.3, 0.4) is 0 Å². The van der Waals surface area contributed by atoms with Gasteiger partial charge in [0.25, 0.3) is 0 Å². The molecule has 0 spiro atoms. The molecule has 0 aromatic carbocycles. The Morgan fingerprint density at radius 1 is 1.27 bits per heavy atom. The molecular weight excluding hydrogens is 358 g/mol. The minimum Gasteiger partial charge on any atom is -0.379 e. The monoisotopic (exact) mass is 391 g/mol. The average Bonchev–Trinajstić information content (AvgIpc) is 3.13. The van der Waals surface area contributed by atoms with E-state index < -0.39 is 9.84 Å². The molecule has 1 N–H and O–H groups in total. The second-order valence-electron chi connectivity index (χ2n) is 6.87. The van der Waals surface area contributed by atoms with Gasteiger partial charge in [0, 0.05) is 39.5 Å². The zero-order valence-corrected chi connectivity index (χ0v) is 16.8. The van der Waals surface area contributed by atoms with Crippen molar-refractivity contribution in [3.8, 4) is 0 Å². The number of sulfone groups is 1. The van der Waals surface area contributed by atoms with Crippen LogP contribution in [0.25, 0.3) is 0 Å². The van der Waals surface area contributed by atoms with Gasteiger partial charge in [-0.3, -0.25) is 4.99 Å². The summed E-state index contributed by atoms with van der Waals surface area (Å²) in [5, 5.41) is 3.27. The van der Waals surface area contributed by atoms with E-state index in [4.69, 9.17) is 14.2 Å². The molecule has 0 aromatic rings. The maximum atomic E-state index is 11.0. The van der Waals surface area contributed by atoms with Crippen molar-refractivity contribution in [2.45, 2.75) is 37.9 Å². The number of piperidine rings is 1. The fraction of sp³-hybridized carbons (Fsp3) is 0.941. The smallest absolute Gasteiger partial charge is 0.193 e. The Balaban J connectivity index is 1.57. The van der Waals surface area contributed by atoms with Crippen molar-refractivity contribution in [2.24, 2.45) is 4.99 Å². The van der Waals surface area contributed by atoms with Gasteiger partial charge in [-0.05, 0) is 25.7 Å². The Morgan fingerprint density at radius 2 is 2.04 bits per heavy atom. The highest BCUT2D eigenvalue weighted by atomic mass is 32.2. The maximum Gasteiger partial charge on any atom is 0.193 e. The topological polar surface area (TPSA) is 89.5 Å². The normalized spacial score (nSPS) is 22.8. The van der Waals surface area contributed by atoms with E-state index >= 15 is 0 Å². The quantitative estimate of drug-likeness (QED) is 0.343. The molecule has 2 saturated heterocycles. The molecule has 2 aliphatic heterocycles. The number of nitrogens with zero attached hydrogens (tertiary/aromatic N) is 2. The highest BCUT2D eigenvalue weighted by Crippen LogP contribution is 2.17. The van der Waals surface area contributed by atoms with Gasteiger partial charge in [-0.2, -0.15) is 0 Å². The van der Waals surface area contributed by atoms with Gasteiger partial charge in [0.2, 0.25) is 0 Å². The predicted molar refractivity (Wildman–Crippen MR) is 101 cm³/mol. The van der Waals surface area contributed by atoms with Gasteiger partial charge in [-0.1, -0.05) is 0 Å². The third-order valence-electron chi connectivity index (χ3n) is 4.62. The molecule has 0 amide bonds. The first kappa shape index (κ1) is 21.4. The molecular formula is C17H33N3O5S. The van der Waals surface area contributed by atoms with Gasteiger partial charge in [0.1, 0.15) is 9.84 Å². The molecule has 152 valence electrons. The van der Waals surface area contributed by atoms with Crippen molar-refractivity contribution in [1.29, 1.82) is 0 Å². The Hall–Kier alpha value is -0.900. The summed E-state index contributed by atoms with van der Waals surface area (Å²) in [5.41, 5.74) is 0. The van der Waals surface area contributed by atoms with Crippen LogP contribution >= 0.6 is 0 Å². The highest BCUT2D eigenvalue weighted by molar-refractivity contribution is 7.90. The van der Waals surface area contributed by atoms with Gasteiger partial charge in [0.15, 0.2) is 5.96 Å². The molecule has 0 saturated carbocycles. The molecule has 1 unspecified atom stereocenters. The molecule has 9 heteroatoms. The van der Waals surface area contributed by atoms with Crippen molar-refractivity contribution in [2.75, 3.05) is 65.1 Å². The van der Waals surface area contributed by atoms with Crippen molar-refractivity contribution in [1.82, 2.24) is 10.2 Å². The van der Waals surface area contributed by atoms with Crippen molar-refractivity contribution < 1.29 is 22.6 Å². The van der Waals surface area contributed by atoms with Crippen molar-refractivity contribution in [3.63, 3.8) is 0 Å². The maximum absolute atomic E-state index is 11.0. The second kappa shape index (κ2) is 11.1. The van der Waals surface area contributed by atoms with E-state index in [0.29, 0.717) is 25.9 Å². The number of ether oxygens (including phenoxy) is 3. The summed E-state index contributed by atoms with van der Waals surface area (Å²) in [6.07, 6.45) is 6.02. The molecule has 2 rings (SSSR count). The lowest BCUT2D eigenvalue weighted by Gasteiger charge is -2.34. The highest BCUT2D eigenvalue weighted by Gasteiger charge is 2.24. The van der Waals surface area contributed by atoms with Crippen LogP contribution in [0.5, 0.6) is 0 Å². The van der Waals surface area contributed by atoms with E-state index in [1.807, 2.05) is 0 Å². The largest absolute Gasteiger partial charge is 0.379 e. The van der Waals surface area contributed by atoms with Crippen LogP contribution in [0.2, 0.25) is 0 Å². The van der Waals surface area contributed by atoms with Crippen LogP contribution in [-0.2, 0) is 24.0 Å². The minimum atomic E-state index is -2.96. The zero-order chi connectivity index (χ0) is 18.8. The Morgan fingerprint density at radius 3 is 2.65 bits per heavy atom. The lowest BCUT2D eigenvalue weighted by atomic mass is 10.1. The van der Waals surface area contributed by atoms with Gasteiger partial charge in [-0.25, -0.2) is 8.42 Å². The third-order valence-corrected chi connectivity index (χ3v) is 5.53. The van der Waals surface area contributed by atoms with Crippen LogP contribution in [0, 0.1) is 0 Å². The van der Waals surface area contributed by atoms with Crippen LogP contribution in [0.1, 0.15) is 25.7 Å². The van der Waals surface area contributed by atoms with Gasteiger partial charge < -0.3 is 24.4 Å². The fourth-order valence-corrected chi connectivity index (χ4v) is 3.55. The number of rotatable bonds is 9. The Bertz CT molecular complexity index is 527. The molecule has 0 bridgehead atoms. The molecule has 8 nitrogen and oxygen atoms in total. The number of hydrogen-bond acceptors (Lipinski definition) is 6. The summed E-state index contributed by atoms with van der Waals surface area (Å²) < 4.78 is 39.0. The summed E-state index contributed by atoms with van der Waals surface area (Å²) in [7, 11) is -1.19. The number of nitrogens with one attached hydrogen (secondary N) is 1. The fourth-order valence-electron chi connectivity index (χ4n) is 3.13. The zero-order valence-electron chi connectivity index (χ0n) is 16.0. The van der Waals surface area contributed by atoms with E-state index in [0.717, 1.165) is 51.3 Å². The van der Waals surface area contributed by atoms with Crippen molar-refractivity contribution >= 4 is 15.8 Å². The van der Waals surface area contributed by atoms with E-state index in [1.165, 1.54) is 6.26 Å². The first-order chi connectivity index (χ1) is 12.5. The summed E-state index contributed by atoms with van der Waals surface area (Å²) in [6.45, 7) is 4.68. The molecule has 1 atom stereocenters. The SMILES string of the molecule is CN=C(NCCOCCS(C)(=O)=O)N1CCC(OCC2CCCO2)CC1. The number of likely N-dealkylation sites (tertiary alicyclic amines) is 1. The van der Waals surface area contributed by atoms with Crippen LogP contribution in [0.4, 0.5) is 0 Å². The molecule has 2 heterocycles. The van der Waals surface area contributed by atoms with Crippen LogP contribution in [-0.4, -0.2) is 96.6 Å². The van der Waals surface area contributed by atoms with Gasteiger partial charge in [-0.15, -0.1) is 0 Å².